The van der Waals surface area contributed by atoms with Gasteiger partial charge in [0.2, 0.25) is 0 Å². The van der Waals surface area contributed by atoms with E-state index < -0.39 is 17.4 Å². The van der Waals surface area contributed by atoms with E-state index in [0.29, 0.717) is 5.02 Å². The zero-order chi connectivity index (χ0) is 12.5. The third-order valence-corrected chi connectivity index (χ3v) is 3.19. The number of hydrogen-bond donors (Lipinski definition) is 2. The van der Waals surface area contributed by atoms with Crippen LogP contribution in [-0.2, 0) is 10.2 Å². The van der Waals surface area contributed by atoms with Crippen molar-refractivity contribution in [2.24, 2.45) is 5.73 Å². The molecule has 1 aromatic rings. The van der Waals surface area contributed by atoms with Crippen molar-refractivity contribution in [1.29, 1.82) is 0 Å². The van der Waals surface area contributed by atoms with Crippen molar-refractivity contribution < 1.29 is 9.90 Å². The van der Waals surface area contributed by atoms with Gasteiger partial charge in [0.15, 0.2) is 0 Å². The van der Waals surface area contributed by atoms with Gasteiger partial charge in [0.05, 0.1) is 0 Å². The van der Waals surface area contributed by atoms with E-state index in [1.54, 1.807) is 19.9 Å². The highest BCUT2D eigenvalue weighted by Crippen LogP contribution is 2.32. The molecule has 1 atom stereocenters. The molecule has 3 N–H and O–H groups in total. The summed E-state index contributed by atoms with van der Waals surface area (Å²) in [5.74, 6) is -1.03. The summed E-state index contributed by atoms with van der Waals surface area (Å²) in [6.07, 6.45) is 0. The highest BCUT2D eigenvalue weighted by Gasteiger charge is 2.35. The minimum absolute atomic E-state index is 0.548. The second-order valence-electron chi connectivity index (χ2n) is 4.52. The number of carboxylic acids is 1. The van der Waals surface area contributed by atoms with Gasteiger partial charge in [0.1, 0.15) is 6.04 Å². The molecular formula is C12H16ClNO2. The Morgan fingerprint density at radius 2 is 2.06 bits per heavy atom. The molecule has 1 unspecified atom stereocenters. The minimum atomic E-state index is -1.03. The van der Waals surface area contributed by atoms with Crippen LogP contribution in [-0.4, -0.2) is 17.1 Å². The van der Waals surface area contributed by atoms with Gasteiger partial charge in [-0.15, -0.1) is 0 Å². The van der Waals surface area contributed by atoms with Crippen LogP contribution in [0.25, 0.3) is 0 Å². The molecule has 0 saturated heterocycles. The molecule has 4 heteroatoms. The van der Waals surface area contributed by atoms with E-state index in [1.165, 1.54) is 0 Å². The molecule has 0 spiro atoms. The van der Waals surface area contributed by atoms with Crippen LogP contribution in [0.15, 0.2) is 18.2 Å². The summed E-state index contributed by atoms with van der Waals surface area (Å²) in [6, 6.07) is 4.55. The van der Waals surface area contributed by atoms with Gasteiger partial charge in [-0.1, -0.05) is 43.1 Å². The molecule has 0 aliphatic carbocycles. The Hall–Kier alpha value is -1.06. The molecule has 0 aromatic heterocycles. The number of hydrogen-bond acceptors (Lipinski definition) is 2. The molecule has 1 rings (SSSR count). The molecule has 0 bridgehead atoms. The quantitative estimate of drug-likeness (QED) is 0.854. The van der Waals surface area contributed by atoms with Gasteiger partial charge in [-0.05, 0) is 18.6 Å². The summed E-state index contributed by atoms with van der Waals surface area (Å²) in [4.78, 5) is 10.9. The third kappa shape index (κ3) is 2.36. The summed E-state index contributed by atoms with van der Waals surface area (Å²) in [5, 5.41) is 9.52. The molecule has 88 valence electrons. The summed E-state index contributed by atoms with van der Waals surface area (Å²) in [6.45, 7) is 5.50. The summed E-state index contributed by atoms with van der Waals surface area (Å²) >= 11 is 6.08. The van der Waals surface area contributed by atoms with Crippen molar-refractivity contribution in [1.82, 2.24) is 0 Å². The minimum Gasteiger partial charge on any atom is -0.480 e. The van der Waals surface area contributed by atoms with Gasteiger partial charge in [-0.3, -0.25) is 4.79 Å². The first kappa shape index (κ1) is 13.0. The second kappa shape index (κ2) is 4.44. The van der Waals surface area contributed by atoms with E-state index >= 15 is 0 Å². The molecule has 0 aliphatic rings. The maximum absolute atomic E-state index is 10.9. The van der Waals surface area contributed by atoms with Crippen molar-refractivity contribution in [2.75, 3.05) is 0 Å². The Morgan fingerprint density at radius 3 is 2.56 bits per heavy atom. The van der Waals surface area contributed by atoms with E-state index in [2.05, 4.69) is 0 Å². The Bertz CT molecular complexity index is 415. The van der Waals surface area contributed by atoms with Crippen LogP contribution in [0, 0.1) is 6.92 Å². The number of nitrogens with two attached hydrogens (primary N) is 1. The van der Waals surface area contributed by atoms with Crippen molar-refractivity contribution in [3.8, 4) is 0 Å². The Balaban J connectivity index is 3.25. The monoisotopic (exact) mass is 241 g/mol. The SMILES string of the molecule is Cc1ccc(Cl)c(C(C)(C)C(N)C(=O)O)c1. The predicted molar refractivity (Wildman–Crippen MR) is 64.8 cm³/mol. The standard InChI is InChI=1S/C12H16ClNO2/c1-7-4-5-9(13)8(6-7)12(2,3)10(14)11(15)16/h4-6,10H,14H2,1-3H3,(H,15,16). The topological polar surface area (TPSA) is 63.3 Å². The first-order valence-corrected chi connectivity index (χ1v) is 5.39. The van der Waals surface area contributed by atoms with Crippen LogP contribution in [0.3, 0.4) is 0 Å². The van der Waals surface area contributed by atoms with Crippen LogP contribution in [0.1, 0.15) is 25.0 Å². The molecular weight excluding hydrogens is 226 g/mol. The largest absolute Gasteiger partial charge is 0.480 e. The fourth-order valence-electron chi connectivity index (χ4n) is 1.61. The molecule has 0 radical (unpaired) electrons. The van der Waals surface area contributed by atoms with Crippen LogP contribution in [0.4, 0.5) is 0 Å². The van der Waals surface area contributed by atoms with Crippen LogP contribution in [0.2, 0.25) is 5.02 Å². The normalized spacial score (nSPS) is 13.6. The number of rotatable bonds is 3. The van der Waals surface area contributed by atoms with Crippen molar-refractivity contribution in [3.05, 3.63) is 34.3 Å². The van der Waals surface area contributed by atoms with E-state index in [9.17, 15) is 4.79 Å². The highest BCUT2D eigenvalue weighted by atomic mass is 35.5. The van der Waals surface area contributed by atoms with E-state index in [1.807, 2.05) is 19.1 Å². The number of carboxylic acid groups (broad SMARTS) is 1. The van der Waals surface area contributed by atoms with E-state index in [4.69, 9.17) is 22.4 Å². The zero-order valence-corrected chi connectivity index (χ0v) is 10.4. The smallest absolute Gasteiger partial charge is 0.321 e. The number of aryl methyl sites for hydroxylation is 1. The molecule has 0 heterocycles. The lowest BCUT2D eigenvalue weighted by Gasteiger charge is -2.30. The lowest BCUT2D eigenvalue weighted by atomic mass is 9.77. The molecule has 16 heavy (non-hydrogen) atoms. The fourth-order valence-corrected chi connectivity index (χ4v) is 1.97. The van der Waals surface area contributed by atoms with Gasteiger partial charge in [0.25, 0.3) is 0 Å². The number of benzene rings is 1. The maximum atomic E-state index is 10.9. The fraction of sp³-hybridized carbons (Fsp3) is 0.417. The number of carbonyl (C=O) groups is 1. The van der Waals surface area contributed by atoms with Crippen LogP contribution >= 0.6 is 11.6 Å². The maximum Gasteiger partial charge on any atom is 0.321 e. The van der Waals surface area contributed by atoms with E-state index in [0.717, 1.165) is 11.1 Å². The lowest BCUT2D eigenvalue weighted by Crippen LogP contribution is -2.47. The van der Waals surface area contributed by atoms with Gasteiger partial charge in [-0.25, -0.2) is 0 Å². The predicted octanol–water partition coefficient (Wildman–Crippen LogP) is 2.34. The molecule has 0 fully saturated rings. The van der Waals surface area contributed by atoms with Crippen molar-refractivity contribution in [3.63, 3.8) is 0 Å². The number of aliphatic carboxylic acids is 1. The zero-order valence-electron chi connectivity index (χ0n) is 9.62. The average molecular weight is 242 g/mol. The highest BCUT2D eigenvalue weighted by molar-refractivity contribution is 6.31. The first-order chi connectivity index (χ1) is 7.26. The van der Waals surface area contributed by atoms with Gasteiger partial charge in [-0.2, -0.15) is 0 Å². The first-order valence-electron chi connectivity index (χ1n) is 5.02. The van der Waals surface area contributed by atoms with Crippen molar-refractivity contribution in [2.45, 2.75) is 32.2 Å². The summed E-state index contributed by atoms with van der Waals surface area (Å²) < 4.78 is 0. The Labute approximate surface area is 100 Å². The lowest BCUT2D eigenvalue weighted by molar-refractivity contribution is -0.140. The molecule has 3 nitrogen and oxygen atoms in total. The number of halogens is 1. The third-order valence-electron chi connectivity index (χ3n) is 2.86. The Morgan fingerprint density at radius 1 is 1.50 bits per heavy atom. The molecule has 0 saturated carbocycles. The van der Waals surface area contributed by atoms with E-state index in [-0.39, 0.29) is 0 Å². The van der Waals surface area contributed by atoms with Crippen LogP contribution in [0.5, 0.6) is 0 Å². The van der Waals surface area contributed by atoms with Gasteiger partial charge in [0, 0.05) is 10.4 Å². The second-order valence-corrected chi connectivity index (χ2v) is 4.93. The van der Waals surface area contributed by atoms with Crippen LogP contribution < -0.4 is 5.73 Å². The molecule has 0 amide bonds. The summed E-state index contributed by atoms with van der Waals surface area (Å²) in [5.41, 5.74) is 6.79. The molecule has 1 aromatic carbocycles. The molecule has 0 aliphatic heterocycles. The average Bonchev–Trinajstić information content (AvgIpc) is 2.20. The van der Waals surface area contributed by atoms with Crippen molar-refractivity contribution >= 4 is 17.6 Å². The van der Waals surface area contributed by atoms with Gasteiger partial charge < -0.3 is 10.8 Å². The summed E-state index contributed by atoms with van der Waals surface area (Å²) in [7, 11) is 0. The Kier molecular flexibility index (Phi) is 3.61. The van der Waals surface area contributed by atoms with Gasteiger partial charge >= 0.3 is 5.97 Å².